The Morgan fingerprint density at radius 2 is 1.92 bits per heavy atom. The van der Waals surface area contributed by atoms with Crippen molar-refractivity contribution in [1.82, 2.24) is 9.47 Å². The van der Waals surface area contributed by atoms with Crippen LogP contribution in [0.5, 0.6) is 0 Å². The average molecular weight is 353 g/mol. The maximum atomic E-state index is 13.9. The van der Waals surface area contributed by atoms with Crippen molar-refractivity contribution in [3.63, 3.8) is 0 Å². The van der Waals surface area contributed by atoms with E-state index < -0.39 is 17.7 Å². The molecule has 4 rings (SSSR count). The highest BCUT2D eigenvalue weighted by Gasteiger charge is 2.28. The molecule has 1 atom stereocenters. The first-order valence-electron chi connectivity index (χ1n) is 8.33. The number of hydrogen-bond donors (Lipinski definition) is 1. The Labute approximate surface area is 149 Å². The molecule has 0 saturated carbocycles. The van der Waals surface area contributed by atoms with Gasteiger partial charge in [0.25, 0.3) is 0 Å². The van der Waals surface area contributed by atoms with Crippen LogP contribution in [0, 0.1) is 11.6 Å². The van der Waals surface area contributed by atoms with Crippen molar-refractivity contribution in [3.05, 3.63) is 83.7 Å². The number of carbonyl (C=O) groups is 1. The molecule has 0 spiro atoms. The number of amides is 2. The first kappa shape index (κ1) is 16.3. The summed E-state index contributed by atoms with van der Waals surface area (Å²) in [5.74, 6) is -1.49. The molecule has 3 aromatic rings. The van der Waals surface area contributed by atoms with Crippen molar-refractivity contribution in [2.24, 2.45) is 0 Å². The fourth-order valence-corrected chi connectivity index (χ4v) is 3.34. The van der Waals surface area contributed by atoms with Gasteiger partial charge in [0.15, 0.2) is 0 Å². The van der Waals surface area contributed by atoms with Gasteiger partial charge in [0.05, 0.1) is 24.0 Å². The second-order valence-corrected chi connectivity index (χ2v) is 6.29. The molecule has 1 aliphatic heterocycles. The molecular weight excluding hydrogens is 336 g/mol. The van der Waals surface area contributed by atoms with E-state index in [-0.39, 0.29) is 11.7 Å². The molecule has 1 aliphatic rings. The lowest BCUT2D eigenvalue weighted by Gasteiger charge is -2.27. The molecule has 0 saturated heterocycles. The lowest BCUT2D eigenvalue weighted by Crippen LogP contribution is -2.36. The molecule has 2 amide bonds. The number of halogens is 2. The van der Waals surface area contributed by atoms with Crippen LogP contribution in [0.3, 0.4) is 0 Å². The zero-order valence-corrected chi connectivity index (χ0v) is 14.1. The summed E-state index contributed by atoms with van der Waals surface area (Å²) in [6.07, 6.45) is 1.96. The van der Waals surface area contributed by atoms with Crippen LogP contribution in [0.1, 0.15) is 24.2 Å². The number of carbonyl (C=O) groups excluding carboxylic acids is 1. The van der Waals surface area contributed by atoms with Crippen molar-refractivity contribution in [1.29, 1.82) is 0 Å². The smallest absolute Gasteiger partial charge is 0.318 e. The summed E-state index contributed by atoms with van der Waals surface area (Å²) in [7, 11) is 0. The third kappa shape index (κ3) is 2.73. The van der Waals surface area contributed by atoms with Crippen LogP contribution in [-0.4, -0.2) is 15.5 Å². The van der Waals surface area contributed by atoms with E-state index in [0.717, 1.165) is 29.1 Å². The average Bonchev–Trinajstić information content (AvgIpc) is 3.07. The molecular formula is C20H17F2N3O. The summed E-state index contributed by atoms with van der Waals surface area (Å²) in [6, 6.07) is 14.2. The Morgan fingerprint density at radius 1 is 1.12 bits per heavy atom. The minimum atomic E-state index is -0.801. The molecule has 0 radical (unpaired) electrons. The Bertz CT molecular complexity index is 983. The van der Waals surface area contributed by atoms with Gasteiger partial charge >= 0.3 is 6.03 Å². The van der Waals surface area contributed by atoms with Crippen LogP contribution in [0.15, 0.2) is 60.8 Å². The molecule has 2 aromatic carbocycles. The van der Waals surface area contributed by atoms with Gasteiger partial charge < -0.3 is 14.8 Å². The third-order valence-electron chi connectivity index (χ3n) is 4.70. The Kier molecular flexibility index (Phi) is 3.95. The van der Waals surface area contributed by atoms with Crippen LogP contribution in [-0.2, 0) is 6.54 Å². The summed E-state index contributed by atoms with van der Waals surface area (Å²) in [5.41, 5.74) is 2.92. The number of para-hydroxylation sites is 1. The molecule has 26 heavy (non-hydrogen) atoms. The van der Waals surface area contributed by atoms with E-state index in [2.05, 4.69) is 9.88 Å². The van der Waals surface area contributed by atoms with Crippen molar-refractivity contribution >= 4 is 11.7 Å². The van der Waals surface area contributed by atoms with Crippen LogP contribution in [0.25, 0.3) is 5.69 Å². The second kappa shape index (κ2) is 6.29. The number of hydrogen-bond acceptors (Lipinski definition) is 1. The molecule has 1 aromatic heterocycles. The largest absolute Gasteiger partial charge is 0.322 e. The normalized spacial score (nSPS) is 15.8. The van der Waals surface area contributed by atoms with Crippen LogP contribution < -0.4 is 5.32 Å². The van der Waals surface area contributed by atoms with Crippen molar-refractivity contribution in [3.8, 4) is 5.69 Å². The summed E-state index contributed by atoms with van der Waals surface area (Å²) < 4.78 is 29.1. The predicted molar refractivity (Wildman–Crippen MR) is 95.1 cm³/mol. The zero-order chi connectivity index (χ0) is 18.3. The van der Waals surface area contributed by atoms with Crippen LogP contribution in [0.4, 0.5) is 19.3 Å². The monoisotopic (exact) mass is 353 g/mol. The minimum absolute atomic E-state index is 0.0449. The van der Waals surface area contributed by atoms with Gasteiger partial charge in [-0.25, -0.2) is 13.6 Å². The topological polar surface area (TPSA) is 37.3 Å². The number of benzene rings is 2. The van der Waals surface area contributed by atoms with E-state index in [1.165, 1.54) is 6.07 Å². The standard InChI is InChI=1S/C20H17F2N3O/c1-13-18-7-4-10-24(18)19-6-3-2-5-14(19)12-25(13)20(26)23-17-9-8-15(21)11-16(17)22/h2-11,13H,12H2,1H3,(H,23,26)/t13-/m0/s1. The number of aromatic nitrogens is 1. The first-order chi connectivity index (χ1) is 12.5. The Balaban J connectivity index is 1.70. The zero-order valence-electron chi connectivity index (χ0n) is 14.1. The number of fused-ring (bicyclic) bond motifs is 3. The highest BCUT2D eigenvalue weighted by atomic mass is 19.1. The van der Waals surface area contributed by atoms with E-state index in [1.54, 1.807) is 4.90 Å². The van der Waals surface area contributed by atoms with Gasteiger partial charge in [-0.2, -0.15) is 0 Å². The Morgan fingerprint density at radius 3 is 2.73 bits per heavy atom. The number of nitrogens with one attached hydrogen (secondary N) is 1. The van der Waals surface area contributed by atoms with Crippen molar-refractivity contribution in [2.45, 2.75) is 19.5 Å². The summed E-state index contributed by atoms with van der Waals surface area (Å²) in [6.45, 7) is 2.31. The summed E-state index contributed by atoms with van der Waals surface area (Å²) in [4.78, 5) is 14.5. The van der Waals surface area contributed by atoms with Gasteiger partial charge in [0.2, 0.25) is 0 Å². The molecule has 0 aliphatic carbocycles. The lowest BCUT2D eigenvalue weighted by atomic mass is 10.1. The highest BCUT2D eigenvalue weighted by Crippen LogP contribution is 2.32. The van der Waals surface area contributed by atoms with E-state index in [9.17, 15) is 13.6 Å². The summed E-state index contributed by atoms with van der Waals surface area (Å²) in [5, 5.41) is 2.56. The van der Waals surface area contributed by atoms with E-state index in [1.807, 2.05) is 49.5 Å². The minimum Gasteiger partial charge on any atom is -0.318 e. The van der Waals surface area contributed by atoms with Crippen molar-refractivity contribution < 1.29 is 13.6 Å². The molecule has 4 nitrogen and oxygen atoms in total. The quantitative estimate of drug-likeness (QED) is 0.666. The van der Waals surface area contributed by atoms with E-state index >= 15 is 0 Å². The van der Waals surface area contributed by atoms with Gasteiger partial charge in [-0.15, -0.1) is 0 Å². The second-order valence-electron chi connectivity index (χ2n) is 6.29. The van der Waals surface area contributed by atoms with E-state index in [0.29, 0.717) is 6.54 Å². The van der Waals surface area contributed by atoms with Crippen molar-refractivity contribution in [2.75, 3.05) is 5.32 Å². The van der Waals surface area contributed by atoms with Gasteiger partial charge in [0, 0.05) is 18.0 Å². The molecule has 132 valence electrons. The summed E-state index contributed by atoms with van der Waals surface area (Å²) >= 11 is 0. The molecule has 6 heteroatoms. The first-order valence-corrected chi connectivity index (χ1v) is 8.33. The lowest BCUT2D eigenvalue weighted by molar-refractivity contribution is 0.189. The molecule has 0 fully saturated rings. The number of nitrogens with zero attached hydrogens (tertiary/aromatic N) is 2. The third-order valence-corrected chi connectivity index (χ3v) is 4.70. The number of urea groups is 1. The Hall–Kier alpha value is -3.15. The van der Waals surface area contributed by atoms with E-state index in [4.69, 9.17) is 0 Å². The van der Waals surface area contributed by atoms with Gasteiger partial charge in [0.1, 0.15) is 11.6 Å². The van der Waals surface area contributed by atoms with Crippen LogP contribution in [0.2, 0.25) is 0 Å². The SMILES string of the molecule is C[C@H]1c2cccn2-c2ccccc2CN1C(=O)Nc1ccc(F)cc1F. The maximum absolute atomic E-state index is 13.9. The molecule has 1 N–H and O–H groups in total. The molecule has 0 unspecified atom stereocenters. The highest BCUT2D eigenvalue weighted by molar-refractivity contribution is 5.90. The molecule has 0 bridgehead atoms. The fraction of sp³-hybridized carbons (Fsp3) is 0.150. The maximum Gasteiger partial charge on any atom is 0.322 e. The number of rotatable bonds is 1. The molecule has 2 heterocycles. The van der Waals surface area contributed by atoms with Crippen LogP contribution >= 0.6 is 0 Å². The number of anilines is 1. The van der Waals surface area contributed by atoms with Gasteiger partial charge in [-0.3, -0.25) is 0 Å². The van der Waals surface area contributed by atoms with Gasteiger partial charge in [-0.05, 0) is 42.8 Å². The van der Waals surface area contributed by atoms with Gasteiger partial charge in [-0.1, -0.05) is 18.2 Å². The fourth-order valence-electron chi connectivity index (χ4n) is 3.34. The predicted octanol–water partition coefficient (Wildman–Crippen LogP) is 4.86.